The quantitative estimate of drug-likeness (QED) is 0.317. The van der Waals surface area contributed by atoms with Crippen LogP contribution in [0.4, 0.5) is 17.1 Å². The predicted molar refractivity (Wildman–Crippen MR) is 137 cm³/mol. The minimum absolute atomic E-state index is 0.0173. The largest absolute Gasteiger partial charge is 0.370 e. The van der Waals surface area contributed by atoms with Gasteiger partial charge in [0.25, 0.3) is 0 Å². The van der Waals surface area contributed by atoms with Gasteiger partial charge in [0.15, 0.2) is 11.5 Å². The summed E-state index contributed by atoms with van der Waals surface area (Å²) in [4.78, 5) is 16.3. The topological polar surface area (TPSA) is 58.4 Å². The van der Waals surface area contributed by atoms with Gasteiger partial charge in [-0.25, -0.2) is 0 Å². The van der Waals surface area contributed by atoms with Crippen LogP contribution >= 0.6 is 0 Å². The lowest BCUT2D eigenvalue weighted by molar-refractivity contribution is 0.104. The first-order valence-electron chi connectivity index (χ1n) is 12.2. The van der Waals surface area contributed by atoms with Crippen LogP contribution < -0.4 is 10.2 Å². The van der Waals surface area contributed by atoms with Gasteiger partial charge in [0.2, 0.25) is 0 Å². The zero-order chi connectivity index (χ0) is 23.4. The number of carbonyl (C=O) groups is 1. The second-order valence-corrected chi connectivity index (χ2v) is 9.73. The molecule has 6 rings (SSSR count). The van der Waals surface area contributed by atoms with Crippen LogP contribution in [0.25, 0.3) is 22.2 Å². The van der Waals surface area contributed by atoms with Crippen LogP contribution in [0.5, 0.6) is 0 Å². The van der Waals surface area contributed by atoms with Crippen molar-refractivity contribution in [2.75, 3.05) is 23.3 Å². The molecule has 4 aromatic rings. The fraction of sp³-hybridized carbons (Fsp3) is 0.310. The Hall–Kier alpha value is -3.60. The van der Waals surface area contributed by atoms with Gasteiger partial charge in [-0.2, -0.15) is 0 Å². The first kappa shape index (κ1) is 21.0. The van der Waals surface area contributed by atoms with Gasteiger partial charge in [0.05, 0.1) is 22.3 Å². The van der Waals surface area contributed by atoms with Crippen LogP contribution in [-0.2, 0) is 0 Å². The summed E-state index contributed by atoms with van der Waals surface area (Å²) < 4.78 is 5.95. The van der Waals surface area contributed by atoms with Gasteiger partial charge in [-0.1, -0.05) is 60.0 Å². The Labute approximate surface area is 199 Å². The lowest BCUT2D eigenvalue weighted by atomic mass is 9.86. The van der Waals surface area contributed by atoms with Crippen LogP contribution in [0.3, 0.4) is 0 Å². The highest BCUT2D eigenvalue weighted by molar-refractivity contribution is 6.28. The summed E-state index contributed by atoms with van der Waals surface area (Å²) in [6.45, 7) is 8.32. The van der Waals surface area contributed by atoms with Crippen molar-refractivity contribution in [1.29, 1.82) is 0 Å². The number of ketones is 1. The molecule has 2 heterocycles. The highest BCUT2D eigenvalue weighted by atomic mass is 16.5. The standard InChI is InChI=1S/C29H29N3O2/c1-17-14-18(2)26(19(3)15-17)30-22-16-23(32-12-8-4-5-9-13-32)27-25-24(22)28(33)20-10-6-7-11-21(20)29(25)34-31-27/h6-7,10-11,14-16,30H,4-5,8-9,12-13H2,1-3H3. The highest BCUT2D eigenvalue weighted by Gasteiger charge is 2.34. The number of rotatable bonds is 3. The average molecular weight is 452 g/mol. The minimum Gasteiger partial charge on any atom is -0.370 e. The molecule has 1 N–H and O–H groups in total. The first-order chi connectivity index (χ1) is 16.5. The zero-order valence-electron chi connectivity index (χ0n) is 20.0. The second kappa shape index (κ2) is 8.01. The number of nitrogens with zero attached hydrogens (tertiary/aromatic N) is 2. The molecule has 5 nitrogen and oxygen atoms in total. The second-order valence-electron chi connectivity index (χ2n) is 9.73. The number of hydrogen-bond acceptors (Lipinski definition) is 5. The van der Waals surface area contributed by atoms with E-state index >= 15 is 0 Å². The van der Waals surface area contributed by atoms with Gasteiger partial charge < -0.3 is 14.7 Å². The number of hydrogen-bond donors (Lipinski definition) is 1. The first-order valence-corrected chi connectivity index (χ1v) is 12.2. The van der Waals surface area contributed by atoms with E-state index in [9.17, 15) is 4.79 Å². The lowest BCUT2D eigenvalue weighted by Crippen LogP contribution is -2.25. The van der Waals surface area contributed by atoms with Gasteiger partial charge in [-0.05, 0) is 50.8 Å². The molecule has 5 heteroatoms. The molecule has 1 aliphatic carbocycles. The fourth-order valence-corrected chi connectivity index (χ4v) is 5.71. The number of aryl methyl sites for hydroxylation is 3. The van der Waals surface area contributed by atoms with E-state index in [0.29, 0.717) is 16.9 Å². The summed E-state index contributed by atoms with van der Waals surface area (Å²) in [5.41, 5.74) is 9.41. The van der Waals surface area contributed by atoms with E-state index in [1.807, 2.05) is 24.3 Å². The third-order valence-electron chi connectivity index (χ3n) is 7.26. The summed E-state index contributed by atoms with van der Waals surface area (Å²) in [5, 5.41) is 9.03. The zero-order valence-corrected chi connectivity index (χ0v) is 20.0. The Kier molecular flexibility index (Phi) is 4.94. The van der Waals surface area contributed by atoms with E-state index in [2.05, 4.69) is 54.3 Å². The number of nitrogens with one attached hydrogen (secondary N) is 1. The van der Waals surface area contributed by atoms with Gasteiger partial charge in [-0.3, -0.25) is 4.79 Å². The summed E-state index contributed by atoms with van der Waals surface area (Å²) in [6, 6.07) is 14.2. The number of anilines is 3. The van der Waals surface area contributed by atoms with Crippen LogP contribution in [-0.4, -0.2) is 24.0 Å². The number of benzene rings is 3. The Morgan fingerprint density at radius 1 is 0.912 bits per heavy atom. The van der Waals surface area contributed by atoms with E-state index < -0.39 is 0 Å². The Balaban J connectivity index is 1.62. The molecule has 0 bridgehead atoms. The molecule has 1 saturated heterocycles. The fourth-order valence-electron chi connectivity index (χ4n) is 5.71. The van der Waals surface area contributed by atoms with Crippen LogP contribution in [0, 0.1) is 20.8 Å². The Bertz CT molecular complexity index is 1420. The van der Waals surface area contributed by atoms with Crippen molar-refractivity contribution in [1.82, 2.24) is 5.16 Å². The maximum Gasteiger partial charge on any atom is 0.196 e. The molecule has 1 fully saturated rings. The molecular weight excluding hydrogens is 422 g/mol. The highest BCUT2D eigenvalue weighted by Crippen LogP contribution is 2.47. The van der Waals surface area contributed by atoms with Crippen LogP contribution in [0.1, 0.15) is 58.3 Å². The molecule has 0 atom stereocenters. The van der Waals surface area contributed by atoms with Gasteiger partial charge >= 0.3 is 0 Å². The van der Waals surface area contributed by atoms with Crippen molar-refractivity contribution >= 4 is 33.7 Å². The Morgan fingerprint density at radius 3 is 2.29 bits per heavy atom. The molecule has 0 radical (unpaired) electrons. The molecule has 172 valence electrons. The lowest BCUT2D eigenvalue weighted by Gasteiger charge is -2.26. The van der Waals surface area contributed by atoms with Crippen molar-refractivity contribution in [2.45, 2.75) is 46.5 Å². The molecule has 0 amide bonds. The van der Waals surface area contributed by atoms with Crippen molar-refractivity contribution in [3.63, 3.8) is 0 Å². The molecule has 0 unspecified atom stereocenters. The molecular formula is C29H29N3O2. The van der Waals surface area contributed by atoms with Gasteiger partial charge in [0, 0.05) is 29.9 Å². The average Bonchev–Trinajstić information content (AvgIpc) is 3.07. The predicted octanol–water partition coefficient (Wildman–Crippen LogP) is 7.09. The molecule has 0 spiro atoms. The number of aromatic nitrogens is 1. The summed E-state index contributed by atoms with van der Waals surface area (Å²) in [5.74, 6) is 0.709. The maximum atomic E-state index is 13.8. The summed E-state index contributed by atoms with van der Waals surface area (Å²) >= 11 is 0. The van der Waals surface area contributed by atoms with Crippen molar-refractivity contribution < 1.29 is 9.32 Å². The number of fused-ring (bicyclic) bond motifs is 2. The maximum absolute atomic E-state index is 13.8. The molecule has 1 aliphatic heterocycles. The SMILES string of the molecule is Cc1cc(C)c(Nc2cc(N3CCCCCC3)c3noc4c3c2C(=O)c2ccccc2-4)c(C)c1. The molecule has 0 saturated carbocycles. The molecule has 34 heavy (non-hydrogen) atoms. The third kappa shape index (κ3) is 3.22. The van der Waals surface area contributed by atoms with E-state index in [1.54, 1.807) is 0 Å². The number of carbonyl (C=O) groups excluding carboxylic acids is 1. The Morgan fingerprint density at radius 2 is 1.59 bits per heavy atom. The van der Waals surface area contributed by atoms with Crippen molar-refractivity contribution in [3.8, 4) is 11.3 Å². The third-order valence-corrected chi connectivity index (χ3v) is 7.26. The molecule has 2 aliphatic rings. The summed E-state index contributed by atoms with van der Waals surface area (Å²) in [6.07, 6.45) is 4.82. The van der Waals surface area contributed by atoms with Crippen molar-refractivity contribution in [2.24, 2.45) is 0 Å². The van der Waals surface area contributed by atoms with E-state index in [1.165, 1.54) is 18.4 Å². The van der Waals surface area contributed by atoms with Gasteiger partial charge in [-0.15, -0.1) is 0 Å². The van der Waals surface area contributed by atoms with Crippen LogP contribution in [0.2, 0.25) is 0 Å². The molecule has 3 aromatic carbocycles. The minimum atomic E-state index is 0.0173. The van der Waals surface area contributed by atoms with Gasteiger partial charge in [0.1, 0.15) is 5.52 Å². The normalized spacial score (nSPS) is 15.4. The smallest absolute Gasteiger partial charge is 0.196 e. The monoisotopic (exact) mass is 451 g/mol. The van der Waals surface area contributed by atoms with Crippen LogP contribution in [0.15, 0.2) is 47.0 Å². The molecule has 1 aromatic heterocycles. The van der Waals surface area contributed by atoms with Crippen molar-refractivity contribution in [3.05, 3.63) is 70.3 Å². The van der Waals surface area contributed by atoms with E-state index in [-0.39, 0.29) is 5.78 Å². The summed E-state index contributed by atoms with van der Waals surface area (Å²) in [7, 11) is 0. The van der Waals surface area contributed by atoms with E-state index in [0.717, 1.165) is 70.6 Å². The van der Waals surface area contributed by atoms with E-state index in [4.69, 9.17) is 4.52 Å².